The summed E-state index contributed by atoms with van der Waals surface area (Å²) in [6.45, 7) is 3.08. The van der Waals surface area contributed by atoms with Crippen molar-refractivity contribution in [3.8, 4) is 0 Å². The Morgan fingerprint density at radius 2 is 2.06 bits per heavy atom. The van der Waals surface area contributed by atoms with E-state index in [1.54, 1.807) is 0 Å². The normalized spacial score (nSPS) is 25.9. The van der Waals surface area contributed by atoms with Gasteiger partial charge in [0, 0.05) is 54.9 Å². The van der Waals surface area contributed by atoms with E-state index in [4.69, 9.17) is 11.6 Å². The first-order valence-corrected chi connectivity index (χ1v) is 12.0. The van der Waals surface area contributed by atoms with Crippen molar-refractivity contribution in [2.45, 2.75) is 44.4 Å². The van der Waals surface area contributed by atoms with Crippen LogP contribution >= 0.6 is 11.6 Å². The Bertz CT molecular complexity index is 1170. The fourth-order valence-corrected chi connectivity index (χ4v) is 5.88. The van der Waals surface area contributed by atoms with Gasteiger partial charge in [-0.1, -0.05) is 0 Å². The van der Waals surface area contributed by atoms with Gasteiger partial charge in [0.1, 0.15) is 5.92 Å². The van der Waals surface area contributed by atoms with Gasteiger partial charge in [0.05, 0.1) is 11.8 Å². The maximum atomic E-state index is 12.6. The molecule has 0 spiro atoms. The maximum absolute atomic E-state index is 12.6. The molecule has 7 nitrogen and oxygen atoms in total. The first kappa shape index (κ1) is 22.6. The van der Waals surface area contributed by atoms with Crippen LogP contribution in [0.3, 0.4) is 0 Å². The molecular weight excluding hydrogens is 440 g/mol. The zero-order valence-corrected chi connectivity index (χ0v) is 20.2. The van der Waals surface area contributed by atoms with Crippen LogP contribution in [0.25, 0.3) is 16.6 Å². The topological polar surface area (TPSA) is 77.8 Å². The first-order valence-electron chi connectivity index (χ1n) is 11.7. The summed E-state index contributed by atoms with van der Waals surface area (Å²) >= 11 is 5.62. The number of amides is 1. The zero-order chi connectivity index (χ0) is 23.4. The van der Waals surface area contributed by atoms with E-state index in [2.05, 4.69) is 59.0 Å². The Kier molecular flexibility index (Phi) is 5.85. The monoisotopic (exact) mass is 470 g/mol. The number of hydrogen-bond donors (Lipinski definition) is 2. The number of aliphatic hydroxyl groups is 1. The number of nitrogens with zero attached hydrogens (tertiary/aromatic N) is 3. The lowest BCUT2D eigenvalue weighted by Gasteiger charge is -2.30. The molecule has 33 heavy (non-hydrogen) atoms. The van der Waals surface area contributed by atoms with E-state index < -0.39 is 23.2 Å². The van der Waals surface area contributed by atoms with Crippen molar-refractivity contribution in [1.29, 1.82) is 0 Å². The molecule has 2 N–H and O–H groups in total. The second-order valence-corrected chi connectivity index (χ2v) is 10.2. The number of fused-ring (bicyclic) bond motifs is 3. The van der Waals surface area contributed by atoms with Gasteiger partial charge in [-0.15, -0.1) is 0 Å². The van der Waals surface area contributed by atoms with Gasteiger partial charge in [0.15, 0.2) is 0 Å². The van der Waals surface area contributed by atoms with Crippen molar-refractivity contribution in [3.05, 3.63) is 40.6 Å². The molecule has 2 aromatic rings. The summed E-state index contributed by atoms with van der Waals surface area (Å²) in [5.41, 5.74) is 5.88. The molecular formula is C25H31ClN4O3. The van der Waals surface area contributed by atoms with Crippen molar-refractivity contribution in [3.63, 3.8) is 0 Å². The van der Waals surface area contributed by atoms with Crippen LogP contribution < -0.4 is 5.32 Å². The minimum Gasteiger partial charge on any atom is -0.387 e. The Morgan fingerprint density at radius 1 is 1.27 bits per heavy atom. The van der Waals surface area contributed by atoms with Gasteiger partial charge >= 0.3 is 0 Å². The van der Waals surface area contributed by atoms with E-state index in [-0.39, 0.29) is 0 Å². The molecule has 5 rings (SSSR count). The summed E-state index contributed by atoms with van der Waals surface area (Å²) in [4.78, 5) is 29.2. The summed E-state index contributed by atoms with van der Waals surface area (Å²) in [5, 5.41) is 14.0. The molecule has 1 aromatic carbocycles. The smallest absolute Gasteiger partial charge is 0.239 e. The number of aromatic nitrogens is 1. The van der Waals surface area contributed by atoms with Crippen molar-refractivity contribution < 1.29 is 14.7 Å². The second kappa shape index (κ2) is 8.55. The summed E-state index contributed by atoms with van der Waals surface area (Å²) in [7, 11) is 6.41. The van der Waals surface area contributed by atoms with E-state index in [0.29, 0.717) is 23.7 Å². The van der Waals surface area contributed by atoms with Gasteiger partial charge in [-0.05, 0) is 80.7 Å². The summed E-state index contributed by atoms with van der Waals surface area (Å²) < 4.78 is 2.27. The van der Waals surface area contributed by atoms with E-state index in [0.717, 1.165) is 49.0 Å². The van der Waals surface area contributed by atoms with Gasteiger partial charge in [-0.2, -0.15) is 0 Å². The lowest BCUT2D eigenvalue weighted by Crippen LogP contribution is -2.46. The average molecular weight is 471 g/mol. The van der Waals surface area contributed by atoms with Crippen LogP contribution in [-0.2, 0) is 29.6 Å². The van der Waals surface area contributed by atoms with Crippen LogP contribution in [0, 0.1) is 5.92 Å². The number of nitrogens with one attached hydrogen (secondary N) is 1. The third kappa shape index (κ3) is 3.91. The molecule has 0 radical (unpaired) electrons. The van der Waals surface area contributed by atoms with Gasteiger partial charge in [-0.25, -0.2) is 0 Å². The maximum Gasteiger partial charge on any atom is 0.239 e. The van der Waals surface area contributed by atoms with Crippen LogP contribution in [0.15, 0.2) is 23.8 Å². The summed E-state index contributed by atoms with van der Waals surface area (Å²) in [5.74, 6) is -1.78. The number of aryl methyl sites for hydroxylation is 2. The molecule has 1 saturated heterocycles. The van der Waals surface area contributed by atoms with Crippen molar-refractivity contribution >= 4 is 39.4 Å². The predicted molar refractivity (Wildman–Crippen MR) is 129 cm³/mol. The molecule has 8 heteroatoms. The molecule has 1 aliphatic carbocycles. The third-order valence-electron chi connectivity index (χ3n) is 7.66. The quantitative estimate of drug-likeness (QED) is 0.529. The number of aliphatic hydroxyl groups excluding tert-OH is 1. The molecule has 3 unspecified atom stereocenters. The van der Waals surface area contributed by atoms with Crippen LogP contribution in [0.5, 0.6) is 0 Å². The Balaban J connectivity index is 1.51. The molecule has 1 aromatic heterocycles. The van der Waals surface area contributed by atoms with Crippen LogP contribution in [0.1, 0.15) is 36.1 Å². The first-order chi connectivity index (χ1) is 15.7. The van der Waals surface area contributed by atoms with Crippen LogP contribution in [-0.4, -0.2) is 70.0 Å². The van der Waals surface area contributed by atoms with Crippen LogP contribution in [0.2, 0.25) is 0 Å². The highest BCUT2D eigenvalue weighted by atomic mass is 35.5. The SMILES string of the molecule is CN(C)C1CCN(Cc2cc3cc4c(cc3n2C)CCCC2=C4NC(=O)C(C(=O)Cl)C2O)C1. The number of rotatable bonds is 4. The number of likely N-dealkylation sites (N-methyl/N-ethyl adjacent to an activating group) is 1. The van der Waals surface area contributed by atoms with E-state index in [1.807, 2.05) is 0 Å². The van der Waals surface area contributed by atoms with Gasteiger partial charge in [0.2, 0.25) is 11.1 Å². The highest BCUT2D eigenvalue weighted by Crippen LogP contribution is 2.38. The molecule has 1 amide bonds. The summed E-state index contributed by atoms with van der Waals surface area (Å²) in [6.07, 6.45) is 2.32. The number of carbonyl (C=O) groups is 2. The number of likely N-dealkylation sites (tertiary alicyclic amines) is 1. The minimum atomic E-state index is -1.24. The van der Waals surface area contributed by atoms with Gasteiger partial charge < -0.3 is 19.9 Å². The van der Waals surface area contributed by atoms with E-state index in [9.17, 15) is 14.7 Å². The van der Waals surface area contributed by atoms with Crippen LogP contribution in [0.4, 0.5) is 0 Å². The fraction of sp³-hybridized carbons (Fsp3) is 0.520. The largest absolute Gasteiger partial charge is 0.387 e. The van der Waals surface area contributed by atoms with E-state index >= 15 is 0 Å². The lowest BCUT2D eigenvalue weighted by molar-refractivity contribution is -0.133. The number of benzene rings is 1. The Morgan fingerprint density at radius 3 is 2.76 bits per heavy atom. The molecule has 176 valence electrons. The predicted octanol–water partition coefficient (Wildman–Crippen LogP) is 2.23. The minimum absolute atomic E-state index is 0.535. The average Bonchev–Trinajstić information content (AvgIpc) is 3.28. The van der Waals surface area contributed by atoms with Gasteiger partial charge in [0.25, 0.3) is 0 Å². The van der Waals surface area contributed by atoms with Crippen molar-refractivity contribution in [2.75, 3.05) is 27.2 Å². The number of carbonyl (C=O) groups excluding carboxylic acids is 2. The molecule has 3 atom stereocenters. The van der Waals surface area contributed by atoms with Crippen molar-refractivity contribution in [1.82, 2.24) is 19.7 Å². The molecule has 3 heterocycles. The summed E-state index contributed by atoms with van der Waals surface area (Å²) in [6, 6.07) is 7.17. The molecule has 3 aliphatic rings. The number of hydrogen-bond acceptors (Lipinski definition) is 5. The van der Waals surface area contributed by atoms with Gasteiger partial charge in [-0.3, -0.25) is 14.5 Å². The molecule has 2 aliphatic heterocycles. The molecule has 1 fully saturated rings. The number of halogens is 1. The standard InChI is InChI=1S/C25H31ClN4O3/c1-28(2)16-7-8-30(12-16)13-17-9-15-10-19-14(11-20(15)29(17)3)5-4-6-18-22(19)27-25(33)21(23(18)31)24(26)32/h9-11,16,21,23,31H,4-8,12-13H2,1-3H3,(H,27,33). The lowest BCUT2D eigenvalue weighted by atomic mass is 9.87. The highest BCUT2D eigenvalue weighted by molar-refractivity contribution is 6.65. The molecule has 0 saturated carbocycles. The second-order valence-electron chi connectivity index (χ2n) is 9.87. The Labute approximate surface area is 199 Å². The molecule has 0 bridgehead atoms. The third-order valence-corrected chi connectivity index (χ3v) is 7.90. The van der Waals surface area contributed by atoms with Crippen molar-refractivity contribution in [2.24, 2.45) is 13.0 Å². The highest BCUT2D eigenvalue weighted by Gasteiger charge is 2.41. The van der Waals surface area contributed by atoms with E-state index in [1.165, 1.54) is 17.6 Å². The fourth-order valence-electron chi connectivity index (χ4n) is 5.67. The Hall–Kier alpha value is -2.19. The zero-order valence-electron chi connectivity index (χ0n) is 19.4.